The van der Waals surface area contributed by atoms with Gasteiger partial charge in [-0.1, -0.05) is 25.3 Å². The van der Waals surface area contributed by atoms with Crippen molar-refractivity contribution in [2.75, 3.05) is 7.11 Å². The summed E-state index contributed by atoms with van der Waals surface area (Å²) in [5.41, 5.74) is 1.98. The van der Waals surface area contributed by atoms with E-state index in [1.807, 2.05) is 18.2 Å². The number of hydrogen-bond acceptors (Lipinski definition) is 2. The predicted molar refractivity (Wildman–Crippen MR) is 70.0 cm³/mol. The highest BCUT2D eigenvalue weighted by Gasteiger charge is 2.38. The first-order valence-corrected chi connectivity index (χ1v) is 6.72. The molecule has 3 nitrogen and oxygen atoms in total. The number of benzene rings is 1. The molecular formula is C15H19NO2. The first-order chi connectivity index (χ1) is 8.72. The molecule has 3 heteroatoms. The highest BCUT2D eigenvalue weighted by Crippen LogP contribution is 2.36. The highest BCUT2D eigenvalue weighted by molar-refractivity contribution is 5.97. The summed E-state index contributed by atoms with van der Waals surface area (Å²) < 4.78 is 5.19. The maximum absolute atomic E-state index is 12.3. The topological polar surface area (TPSA) is 38.3 Å². The van der Waals surface area contributed by atoms with Gasteiger partial charge in [-0.3, -0.25) is 4.79 Å². The van der Waals surface area contributed by atoms with E-state index in [2.05, 4.69) is 5.32 Å². The lowest BCUT2D eigenvalue weighted by Gasteiger charge is -2.41. The minimum atomic E-state index is 0.0247. The molecule has 0 radical (unpaired) electrons. The van der Waals surface area contributed by atoms with E-state index < -0.39 is 0 Å². The van der Waals surface area contributed by atoms with Gasteiger partial charge in [-0.15, -0.1) is 0 Å². The standard InChI is InChI=1S/C15H19NO2/c1-18-12-6-5-11-10-15(7-3-2-4-8-15)16-14(17)13(11)9-12/h5-6,9H,2-4,7-8,10H2,1H3,(H,16,17). The van der Waals surface area contributed by atoms with Crippen LogP contribution >= 0.6 is 0 Å². The van der Waals surface area contributed by atoms with Crippen molar-refractivity contribution >= 4 is 5.91 Å². The average molecular weight is 245 g/mol. The molecule has 2 aliphatic rings. The molecule has 1 N–H and O–H groups in total. The molecule has 96 valence electrons. The van der Waals surface area contributed by atoms with Gasteiger partial charge < -0.3 is 10.1 Å². The van der Waals surface area contributed by atoms with Crippen LogP contribution in [-0.2, 0) is 6.42 Å². The molecule has 1 aromatic rings. The van der Waals surface area contributed by atoms with Gasteiger partial charge in [0.15, 0.2) is 0 Å². The monoisotopic (exact) mass is 245 g/mol. The van der Waals surface area contributed by atoms with Crippen LogP contribution in [0.3, 0.4) is 0 Å². The third kappa shape index (κ3) is 1.88. The predicted octanol–water partition coefficient (Wildman–Crippen LogP) is 2.68. The molecule has 0 bridgehead atoms. The van der Waals surface area contributed by atoms with Crippen molar-refractivity contribution in [3.05, 3.63) is 29.3 Å². The third-order valence-electron chi connectivity index (χ3n) is 4.28. The third-order valence-corrected chi connectivity index (χ3v) is 4.28. The van der Waals surface area contributed by atoms with E-state index in [9.17, 15) is 4.79 Å². The lowest BCUT2D eigenvalue weighted by atomic mass is 9.74. The van der Waals surface area contributed by atoms with Crippen molar-refractivity contribution in [1.29, 1.82) is 0 Å². The molecule has 1 fully saturated rings. The Kier molecular flexibility index (Phi) is 2.77. The van der Waals surface area contributed by atoms with E-state index in [4.69, 9.17) is 4.74 Å². The van der Waals surface area contributed by atoms with Gasteiger partial charge in [0.05, 0.1) is 7.11 Å². The number of hydrogen-bond donors (Lipinski definition) is 1. The molecule has 1 aliphatic carbocycles. The molecule has 1 amide bonds. The van der Waals surface area contributed by atoms with Crippen LogP contribution in [0.1, 0.15) is 48.0 Å². The second-order valence-corrected chi connectivity index (χ2v) is 5.49. The zero-order valence-electron chi connectivity index (χ0n) is 10.8. The number of amides is 1. The van der Waals surface area contributed by atoms with Gasteiger partial charge >= 0.3 is 0 Å². The van der Waals surface area contributed by atoms with Gasteiger partial charge in [0, 0.05) is 11.1 Å². The number of fused-ring (bicyclic) bond motifs is 1. The normalized spacial score (nSPS) is 21.3. The Hall–Kier alpha value is -1.51. The van der Waals surface area contributed by atoms with Crippen LogP contribution in [0.4, 0.5) is 0 Å². The van der Waals surface area contributed by atoms with Gasteiger partial charge in [0.1, 0.15) is 5.75 Å². The average Bonchev–Trinajstić information content (AvgIpc) is 2.39. The molecule has 1 saturated carbocycles. The van der Waals surface area contributed by atoms with Crippen molar-refractivity contribution < 1.29 is 9.53 Å². The molecule has 0 saturated heterocycles. The summed E-state index contributed by atoms with van der Waals surface area (Å²) >= 11 is 0. The van der Waals surface area contributed by atoms with Crippen molar-refractivity contribution in [3.8, 4) is 5.75 Å². The Morgan fingerprint density at radius 3 is 2.72 bits per heavy atom. The number of rotatable bonds is 1. The van der Waals surface area contributed by atoms with Crippen LogP contribution in [0.5, 0.6) is 5.75 Å². The van der Waals surface area contributed by atoms with Crippen LogP contribution in [0, 0.1) is 0 Å². The second-order valence-electron chi connectivity index (χ2n) is 5.49. The Morgan fingerprint density at radius 1 is 1.22 bits per heavy atom. The number of ether oxygens (including phenoxy) is 1. The van der Waals surface area contributed by atoms with Crippen LogP contribution < -0.4 is 10.1 Å². The van der Waals surface area contributed by atoms with Gasteiger partial charge in [0.25, 0.3) is 5.91 Å². The molecule has 3 rings (SSSR count). The molecule has 1 aliphatic heterocycles. The molecule has 0 atom stereocenters. The minimum absolute atomic E-state index is 0.0247. The summed E-state index contributed by atoms with van der Waals surface area (Å²) in [6.07, 6.45) is 6.96. The summed E-state index contributed by atoms with van der Waals surface area (Å²) in [7, 11) is 1.63. The Morgan fingerprint density at radius 2 is 2.00 bits per heavy atom. The number of carbonyl (C=O) groups is 1. The quantitative estimate of drug-likeness (QED) is 0.826. The van der Waals surface area contributed by atoms with Crippen molar-refractivity contribution in [1.82, 2.24) is 5.32 Å². The Balaban J connectivity index is 1.95. The van der Waals surface area contributed by atoms with E-state index >= 15 is 0 Å². The smallest absolute Gasteiger partial charge is 0.252 e. The molecule has 1 aromatic carbocycles. The van der Waals surface area contributed by atoms with Crippen LogP contribution in [-0.4, -0.2) is 18.6 Å². The van der Waals surface area contributed by atoms with E-state index in [0.717, 1.165) is 30.6 Å². The van der Waals surface area contributed by atoms with Gasteiger partial charge in [-0.2, -0.15) is 0 Å². The molecule has 0 aromatic heterocycles. The fraction of sp³-hybridized carbons (Fsp3) is 0.533. The molecule has 0 unspecified atom stereocenters. The van der Waals surface area contributed by atoms with E-state index in [1.165, 1.54) is 24.8 Å². The zero-order chi connectivity index (χ0) is 12.6. The van der Waals surface area contributed by atoms with Gasteiger partial charge in [-0.05, 0) is 37.0 Å². The van der Waals surface area contributed by atoms with E-state index in [0.29, 0.717) is 0 Å². The van der Waals surface area contributed by atoms with E-state index in [-0.39, 0.29) is 11.4 Å². The zero-order valence-corrected chi connectivity index (χ0v) is 10.8. The lowest BCUT2D eigenvalue weighted by Crippen LogP contribution is -2.54. The summed E-state index contributed by atoms with van der Waals surface area (Å²) in [6, 6.07) is 5.84. The number of methoxy groups -OCH3 is 1. The lowest BCUT2D eigenvalue weighted by molar-refractivity contribution is 0.0844. The van der Waals surface area contributed by atoms with Gasteiger partial charge in [0.2, 0.25) is 0 Å². The molecule has 18 heavy (non-hydrogen) atoms. The van der Waals surface area contributed by atoms with Crippen LogP contribution in [0.2, 0.25) is 0 Å². The van der Waals surface area contributed by atoms with Crippen LogP contribution in [0.25, 0.3) is 0 Å². The fourth-order valence-corrected chi connectivity index (χ4v) is 3.30. The van der Waals surface area contributed by atoms with Gasteiger partial charge in [-0.25, -0.2) is 0 Å². The Bertz CT molecular complexity index is 475. The first-order valence-electron chi connectivity index (χ1n) is 6.72. The molecule has 1 heterocycles. The number of nitrogens with one attached hydrogen (secondary N) is 1. The van der Waals surface area contributed by atoms with E-state index in [1.54, 1.807) is 7.11 Å². The van der Waals surface area contributed by atoms with Crippen molar-refractivity contribution in [2.45, 2.75) is 44.1 Å². The maximum Gasteiger partial charge on any atom is 0.252 e. The Labute approximate surface area is 108 Å². The van der Waals surface area contributed by atoms with Crippen molar-refractivity contribution in [3.63, 3.8) is 0 Å². The molecular weight excluding hydrogens is 226 g/mol. The summed E-state index contributed by atoms with van der Waals surface area (Å²) in [5, 5.41) is 3.24. The minimum Gasteiger partial charge on any atom is -0.497 e. The molecule has 1 spiro atoms. The number of carbonyl (C=O) groups excluding carboxylic acids is 1. The fourth-order valence-electron chi connectivity index (χ4n) is 3.30. The summed E-state index contributed by atoms with van der Waals surface area (Å²) in [6.45, 7) is 0. The first kappa shape index (κ1) is 11.6. The van der Waals surface area contributed by atoms with Crippen molar-refractivity contribution in [2.24, 2.45) is 0 Å². The summed E-state index contributed by atoms with van der Waals surface area (Å²) in [4.78, 5) is 12.3. The second kappa shape index (κ2) is 4.30. The largest absolute Gasteiger partial charge is 0.497 e. The highest BCUT2D eigenvalue weighted by atomic mass is 16.5. The van der Waals surface area contributed by atoms with Crippen LogP contribution in [0.15, 0.2) is 18.2 Å². The maximum atomic E-state index is 12.3. The summed E-state index contributed by atoms with van der Waals surface area (Å²) in [5.74, 6) is 0.820. The SMILES string of the molecule is COc1ccc2c(c1)C(=O)NC1(CCCCC1)C2.